The van der Waals surface area contributed by atoms with Gasteiger partial charge in [0.25, 0.3) is 0 Å². The third-order valence-corrected chi connectivity index (χ3v) is 8.09. The molecular formula is C26H35N3O4S. The number of rotatable bonds is 8. The number of sulfonamides is 1. The summed E-state index contributed by atoms with van der Waals surface area (Å²) in [6, 6.07) is 14.4. The predicted molar refractivity (Wildman–Crippen MR) is 134 cm³/mol. The molecular weight excluding hydrogens is 450 g/mol. The highest BCUT2D eigenvalue weighted by Crippen LogP contribution is 2.32. The van der Waals surface area contributed by atoms with Crippen molar-refractivity contribution in [3.8, 4) is 0 Å². The summed E-state index contributed by atoms with van der Waals surface area (Å²) in [4.78, 5) is 27.3. The van der Waals surface area contributed by atoms with Crippen LogP contribution in [0.5, 0.6) is 0 Å². The van der Waals surface area contributed by atoms with Gasteiger partial charge in [0, 0.05) is 44.7 Å². The van der Waals surface area contributed by atoms with Gasteiger partial charge in [0.2, 0.25) is 21.8 Å². The Morgan fingerprint density at radius 3 is 1.91 bits per heavy atom. The molecule has 0 aromatic heterocycles. The number of hydrogen-bond acceptors (Lipinski definition) is 4. The first-order chi connectivity index (χ1) is 16.1. The molecule has 2 aromatic rings. The highest BCUT2D eigenvalue weighted by molar-refractivity contribution is 7.89. The smallest absolute Gasteiger partial charge is 0.243 e. The summed E-state index contributed by atoms with van der Waals surface area (Å²) in [7, 11) is -3.56. The van der Waals surface area contributed by atoms with Crippen molar-refractivity contribution in [1.82, 2.24) is 9.21 Å². The first-order valence-corrected chi connectivity index (χ1v) is 13.3. The van der Waals surface area contributed by atoms with Gasteiger partial charge in [-0.1, -0.05) is 64.1 Å². The van der Waals surface area contributed by atoms with E-state index in [0.717, 1.165) is 16.8 Å². The topological polar surface area (TPSA) is 86.8 Å². The van der Waals surface area contributed by atoms with Crippen LogP contribution in [0, 0.1) is 0 Å². The third-order valence-electron chi connectivity index (χ3n) is 6.18. The van der Waals surface area contributed by atoms with Gasteiger partial charge in [0.15, 0.2) is 0 Å². The van der Waals surface area contributed by atoms with Crippen LogP contribution < -0.4 is 5.32 Å². The fourth-order valence-electron chi connectivity index (χ4n) is 4.20. The number of nitrogens with zero attached hydrogens (tertiary/aromatic N) is 2. The minimum Gasteiger partial charge on any atom is -0.340 e. The lowest BCUT2D eigenvalue weighted by atomic mass is 9.92. The molecule has 34 heavy (non-hydrogen) atoms. The maximum absolute atomic E-state index is 12.8. The van der Waals surface area contributed by atoms with Crippen LogP contribution in [-0.2, 0) is 19.6 Å². The zero-order chi connectivity index (χ0) is 24.9. The predicted octanol–water partition coefficient (Wildman–Crippen LogP) is 4.19. The standard InChI is InChI=1S/C26H35N3O4S/c1-19(2)22-11-8-12-23(20(3)4)26(22)27-24(30)13-14-25(31)28-15-17-29(18-16-28)34(32,33)21-9-6-5-7-10-21/h5-12,19-20H,13-18H2,1-4H3,(H,27,30). The Morgan fingerprint density at radius 1 is 0.824 bits per heavy atom. The molecule has 1 saturated heterocycles. The summed E-state index contributed by atoms with van der Waals surface area (Å²) in [6.45, 7) is 9.50. The van der Waals surface area contributed by atoms with Crippen LogP contribution >= 0.6 is 0 Å². The Balaban J connectivity index is 1.55. The molecule has 1 heterocycles. The van der Waals surface area contributed by atoms with Crippen molar-refractivity contribution in [2.24, 2.45) is 0 Å². The molecule has 7 nitrogen and oxygen atoms in total. The molecule has 0 unspecified atom stereocenters. The quantitative estimate of drug-likeness (QED) is 0.608. The van der Waals surface area contributed by atoms with Gasteiger partial charge in [-0.15, -0.1) is 0 Å². The molecule has 184 valence electrons. The van der Waals surface area contributed by atoms with Crippen molar-refractivity contribution in [3.63, 3.8) is 0 Å². The number of para-hydroxylation sites is 1. The number of piperazine rings is 1. The summed E-state index contributed by atoms with van der Waals surface area (Å²) < 4.78 is 27.0. The van der Waals surface area contributed by atoms with E-state index in [-0.39, 0.29) is 54.5 Å². The Hall–Kier alpha value is -2.71. The number of carbonyl (C=O) groups is 2. The van der Waals surface area contributed by atoms with E-state index in [1.165, 1.54) is 4.31 Å². The fraction of sp³-hybridized carbons (Fsp3) is 0.462. The maximum Gasteiger partial charge on any atom is 0.243 e. The second kappa shape index (κ2) is 11.1. The first-order valence-electron chi connectivity index (χ1n) is 11.9. The molecule has 0 aliphatic carbocycles. The largest absolute Gasteiger partial charge is 0.340 e. The fourth-order valence-corrected chi connectivity index (χ4v) is 5.64. The SMILES string of the molecule is CC(C)c1cccc(C(C)C)c1NC(=O)CCC(=O)N1CCN(S(=O)(=O)c2ccccc2)CC1. The van der Waals surface area contributed by atoms with E-state index >= 15 is 0 Å². The van der Waals surface area contributed by atoms with Crippen LogP contribution in [0.3, 0.4) is 0 Å². The lowest BCUT2D eigenvalue weighted by Gasteiger charge is -2.34. The van der Waals surface area contributed by atoms with Gasteiger partial charge < -0.3 is 10.2 Å². The molecule has 0 spiro atoms. The normalized spacial score (nSPS) is 15.1. The summed E-state index contributed by atoms with van der Waals surface area (Å²) in [5.41, 5.74) is 3.02. The highest BCUT2D eigenvalue weighted by atomic mass is 32.2. The van der Waals surface area contributed by atoms with E-state index in [1.807, 2.05) is 18.2 Å². The van der Waals surface area contributed by atoms with Gasteiger partial charge in [-0.05, 0) is 35.1 Å². The molecule has 8 heteroatoms. The van der Waals surface area contributed by atoms with Crippen LogP contribution in [0.25, 0.3) is 0 Å². The molecule has 2 amide bonds. The Kier molecular flexibility index (Phi) is 8.49. The summed E-state index contributed by atoms with van der Waals surface area (Å²) in [5, 5.41) is 3.05. The van der Waals surface area contributed by atoms with Crippen LogP contribution in [0.2, 0.25) is 0 Å². The zero-order valence-electron chi connectivity index (χ0n) is 20.5. The average molecular weight is 486 g/mol. The lowest BCUT2D eigenvalue weighted by molar-refractivity contribution is -0.133. The molecule has 1 fully saturated rings. The minimum absolute atomic E-state index is 0.0886. The van der Waals surface area contributed by atoms with Gasteiger partial charge in [0.1, 0.15) is 0 Å². The van der Waals surface area contributed by atoms with Crippen LogP contribution in [0.15, 0.2) is 53.4 Å². The van der Waals surface area contributed by atoms with Crippen molar-refractivity contribution < 1.29 is 18.0 Å². The second-order valence-electron chi connectivity index (χ2n) is 9.27. The second-order valence-corrected chi connectivity index (χ2v) is 11.2. The number of carbonyl (C=O) groups excluding carboxylic acids is 2. The van der Waals surface area contributed by atoms with E-state index in [9.17, 15) is 18.0 Å². The van der Waals surface area contributed by atoms with Crippen LogP contribution in [-0.4, -0.2) is 55.6 Å². The Bertz CT molecular complexity index is 1080. The van der Waals surface area contributed by atoms with Crippen LogP contribution in [0.1, 0.15) is 63.5 Å². The number of amides is 2. The molecule has 2 aromatic carbocycles. The van der Waals surface area contributed by atoms with Crippen molar-refractivity contribution in [2.45, 2.75) is 57.3 Å². The molecule has 0 radical (unpaired) electrons. The summed E-state index contributed by atoms with van der Waals surface area (Å²) >= 11 is 0. The number of anilines is 1. The third kappa shape index (κ3) is 6.04. The number of nitrogens with one attached hydrogen (secondary N) is 1. The van der Waals surface area contributed by atoms with Gasteiger partial charge in [-0.2, -0.15) is 4.31 Å². The van der Waals surface area contributed by atoms with E-state index < -0.39 is 10.0 Å². The van der Waals surface area contributed by atoms with Crippen molar-refractivity contribution in [3.05, 3.63) is 59.7 Å². The molecule has 0 atom stereocenters. The number of benzene rings is 2. The van der Waals surface area contributed by atoms with Crippen LogP contribution in [0.4, 0.5) is 5.69 Å². The van der Waals surface area contributed by atoms with Crippen molar-refractivity contribution in [1.29, 1.82) is 0 Å². The zero-order valence-corrected chi connectivity index (χ0v) is 21.3. The maximum atomic E-state index is 12.8. The lowest BCUT2D eigenvalue weighted by Crippen LogP contribution is -2.50. The van der Waals surface area contributed by atoms with Gasteiger partial charge in [0.05, 0.1) is 4.90 Å². The molecule has 0 saturated carbocycles. The van der Waals surface area contributed by atoms with Gasteiger partial charge in [-0.25, -0.2) is 8.42 Å². The Labute approximate surface area is 203 Å². The molecule has 1 aliphatic heterocycles. The van der Waals surface area contributed by atoms with Crippen molar-refractivity contribution in [2.75, 3.05) is 31.5 Å². The first kappa shape index (κ1) is 25.9. The minimum atomic E-state index is -3.56. The van der Waals surface area contributed by atoms with E-state index in [4.69, 9.17) is 0 Å². The molecule has 1 aliphatic rings. The van der Waals surface area contributed by atoms with E-state index in [2.05, 4.69) is 33.0 Å². The molecule has 0 bridgehead atoms. The summed E-state index contributed by atoms with van der Waals surface area (Å²) in [5.74, 6) is 0.208. The van der Waals surface area contributed by atoms with E-state index in [0.29, 0.717) is 13.1 Å². The van der Waals surface area contributed by atoms with Crippen molar-refractivity contribution >= 4 is 27.5 Å². The van der Waals surface area contributed by atoms with Gasteiger partial charge >= 0.3 is 0 Å². The summed E-state index contributed by atoms with van der Waals surface area (Å²) in [6.07, 6.45) is 0.184. The molecule has 1 N–H and O–H groups in total. The Morgan fingerprint density at radius 2 is 1.38 bits per heavy atom. The molecule has 3 rings (SSSR count). The highest BCUT2D eigenvalue weighted by Gasteiger charge is 2.30. The van der Waals surface area contributed by atoms with E-state index in [1.54, 1.807) is 35.2 Å². The number of hydrogen-bond donors (Lipinski definition) is 1. The van der Waals surface area contributed by atoms with Gasteiger partial charge in [-0.3, -0.25) is 9.59 Å². The monoisotopic (exact) mass is 485 g/mol. The average Bonchev–Trinajstić information content (AvgIpc) is 2.83.